The molecule has 0 aromatic carbocycles. The largest absolute Gasteiger partial charge is 0.479 e. The molecule has 8 nitrogen and oxygen atoms in total. The summed E-state index contributed by atoms with van der Waals surface area (Å²) in [6.07, 6.45) is 6.40. The van der Waals surface area contributed by atoms with E-state index in [4.69, 9.17) is 9.47 Å². The van der Waals surface area contributed by atoms with Crippen LogP contribution in [-0.2, 0) is 15.6 Å². The molecular formula is C24H31FN4O4S. The van der Waals surface area contributed by atoms with Gasteiger partial charge in [-0.15, -0.1) is 0 Å². The van der Waals surface area contributed by atoms with E-state index in [9.17, 15) is 13.4 Å². The third kappa shape index (κ3) is 5.71. The van der Waals surface area contributed by atoms with Gasteiger partial charge in [-0.1, -0.05) is 13.8 Å². The average molecular weight is 491 g/mol. The predicted molar refractivity (Wildman–Crippen MR) is 127 cm³/mol. The lowest BCUT2D eigenvalue weighted by atomic mass is 9.84. The van der Waals surface area contributed by atoms with Crippen LogP contribution in [0.2, 0.25) is 0 Å². The van der Waals surface area contributed by atoms with Crippen LogP contribution in [0.3, 0.4) is 0 Å². The molecule has 0 bridgehead atoms. The quantitative estimate of drug-likeness (QED) is 0.530. The van der Waals surface area contributed by atoms with Gasteiger partial charge in [0, 0.05) is 46.2 Å². The van der Waals surface area contributed by atoms with Gasteiger partial charge in [0.1, 0.15) is 23.8 Å². The molecule has 2 aliphatic rings. The fourth-order valence-corrected chi connectivity index (χ4v) is 5.60. The van der Waals surface area contributed by atoms with Crippen LogP contribution in [0.4, 0.5) is 10.1 Å². The summed E-state index contributed by atoms with van der Waals surface area (Å²) in [5.41, 5.74) is -0.815. The molecular weight excluding hydrogens is 459 g/mol. The Bertz CT molecular complexity index is 1020. The summed E-state index contributed by atoms with van der Waals surface area (Å²) in [7, 11) is -0.811. The lowest BCUT2D eigenvalue weighted by molar-refractivity contribution is -0.122. The zero-order chi connectivity index (χ0) is 24.5. The van der Waals surface area contributed by atoms with Crippen molar-refractivity contribution in [2.75, 3.05) is 18.1 Å². The van der Waals surface area contributed by atoms with Crippen LogP contribution < -0.4 is 14.4 Å². The Morgan fingerprint density at radius 1 is 1.18 bits per heavy atom. The van der Waals surface area contributed by atoms with Gasteiger partial charge in [0.25, 0.3) is 5.91 Å². The number of hydrogen-bond acceptors (Lipinski definition) is 7. The zero-order valence-corrected chi connectivity index (χ0v) is 20.8. The predicted octanol–water partition coefficient (Wildman–Crippen LogP) is 3.59. The smallest absolute Gasteiger partial charge is 0.268 e. The zero-order valence-electron chi connectivity index (χ0n) is 19.9. The van der Waals surface area contributed by atoms with Crippen LogP contribution >= 0.6 is 0 Å². The highest BCUT2D eigenvalue weighted by Gasteiger charge is 2.38. The molecule has 1 aliphatic carbocycles. The molecule has 3 heterocycles. The van der Waals surface area contributed by atoms with Gasteiger partial charge in [-0.3, -0.25) is 9.00 Å². The lowest BCUT2D eigenvalue weighted by Gasteiger charge is -2.34. The van der Waals surface area contributed by atoms with E-state index in [1.54, 1.807) is 29.4 Å². The van der Waals surface area contributed by atoms with Crippen molar-refractivity contribution in [3.05, 3.63) is 36.5 Å². The number of alkyl halides is 1. The standard InChI is InChI=1S/C24H31FN4O4S/c1-15(2)34(31)19-9-16(10-19)22-27-11-17(12-28-22)29-8-7-20(23(29)30)33-18-5-6-21(26-13-18)32-14-24(3,4)25/h5-6,11-13,15-16,19-20H,7-10,14H2,1-4H3/t16?,19?,20-,34?/m1/s1. The molecule has 4 rings (SSSR count). The Morgan fingerprint density at radius 2 is 1.88 bits per heavy atom. The van der Waals surface area contributed by atoms with E-state index in [1.807, 2.05) is 13.8 Å². The summed E-state index contributed by atoms with van der Waals surface area (Å²) < 4.78 is 36.9. The molecule has 1 amide bonds. The van der Waals surface area contributed by atoms with E-state index < -0.39 is 22.6 Å². The average Bonchev–Trinajstić information content (AvgIpc) is 3.12. The van der Waals surface area contributed by atoms with E-state index in [2.05, 4.69) is 15.0 Å². The Labute approximate surface area is 201 Å². The molecule has 0 radical (unpaired) electrons. The second-order valence-corrected chi connectivity index (χ2v) is 12.0. The fraction of sp³-hybridized carbons (Fsp3) is 0.583. The highest BCUT2D eigenvalue weighted by molar-refractivity contribution is 7.86. The van der Waals surface area contributed by atoms with E-state index in [-0.39, 0.29) is 28.9 Å². The first-order chi connectivity index (χ1) is 16.1. The van der Waals surface area contributed by atoms with Crippen molar-refractivity contribution in [2.24, 2.45) is 0 Å². The molecule has 1 saturated heterocycles. The number of ether oxygens (including phenoxy) is 2. The molecule has 2 atom stereocenters. The summed E-state index contributed by atoms with van der Waals surface area (Å²) in [6, 6.07) is 3.24. The second-order valence-electron chi connectivity index (χ2n) is 9.69. The Morgan fingerprint density at radius 3 is 2.47 bits per heavy atom. The van der Waals surface area contributed by atoms with Crippen LogP contribution in [0.25, 0.3) is 0 Å². The highest BCUT2D eigenvalue weighted by atomic mass is 32.2. The number of carbonyl (C=O) groups excluding carboxylic acids is 1. The van der Waals surface area contributed by atoms with Crippen LogP contribution in [-0.4, -0.2) is 60.5 Å². The molecule has 34 heavy (non-hydrogen) atoms. The van der Waals surface area contributed by atoms with Crippen LogP contribution in [0.1, 0.15) is 58.7 Å². The summed E-state index contributed by atoms with van der Waals surface area (Å²) in [5, 5.41) is 0.387. The number of rotatable bonds is 9. The van der Waals surface area contributed by atoms with E-state index >= 15 is 0 Å². The second kappa shape index (κ2) is 9.93. The summed E-state index contributed by atoms with van der Waals surface area (Å²) in [6.45, 7) is 7.23. The number of pyridine rings is 1. The molecule has 1 aliphatic heterocycles. The summed E-state index contributed by atoms with van der Waals surface area (Å²) in [5.74, 6) is 1.54. The van der Waals surface area contributed by atoms with Gasteiger partial charge in [0.2, 0.25) is 5.88 Å². The highest BCUT2D eigenvalue weighted by Crippen LogP contribution is 2.39. The minimum atomic E-state index is -1.45. The minimum Gasteiger partial charge on any atom is -0.479 e. The maximum absolute atomic E-state index is 13.6. The van der Waals surface area contributed by atoms with Gasteiger partial charge in [-0.25, -0.2) is 19.3 Å². The first-order valence-electron chi connectivity index (χ1n) is 11.6. The van der Waals surface area contributed by atoms with Crippen molar-refractivity contribution in [1.29, 1.82) is 0 Å². The van der Waals surface area contributed by atoms with Gasteiger partial charge in [0.05, 0.1) is 24.3 Å². The van der Waals surface area contributed by atoms with Gasteiger partial charge in [0.15, 0.2) is 6.10 Å². The molecule has 2 aromatic rings. The van der Waals surface area contributed by atoms with Crippen LogP contribution in [0, 0.1) is 0 Å². The Hall–Kier alpha value is -2.62. The number of nitrogens with zero attached hydrogens (tertiary/aromatic N) is 4. The minimum absolute atomic E-state index is 0.101. The number of anilines is 1. The SMILES string of the molecule is CC(C)S(=O)C1CC(c2ncc(N3CC[C@@H](Oc4ccc(OCC(C)(C)F)nc4)C3=O)cn2)C1. The molecule has 0 spiro atoms. The first-order valence-corrected chi connectivity index (χ1v) is 12.9. The van der Waals surface area contributed by atoms with Crippen molar-refractivity contribution in [2.45, 2.75) is 75.1 Å². The van der Waals surface area contributed by atoms with Crippen LogP contribution in [0.5, 0.6) is 11.6 Å². The van der Waals surface area contributed by atoms with Crippen molar-refractivity contribution in [1.82, 2.24) is 15.0 Å². The number of halogens is 1. The molecule has 2 aromatic heterocycles. The molecule has 0 N–H and O–H groups in total. The van der Waals surface area contributed by atoms with E-state index in [0.29, 0.717) is 30.3 Å². The number of amides is 1. The number of hydrogen-bond donors (Lipinski definition) is 0. The van der Waals surface area contributed by atoms with Gasteiger partial charge in [-0.2, -0.15) is 0 Å². The monoisotopic (exact) mass is 490 g/mol. The maximum Gasteiger partial charge on any atom is 0.268 e. The fourth-order valence-electron chi connectivity index (χ4n) is 3.98. The van der Waals surface area contributed by atoms with Crippen molar-refractivity contribution in [3.8, 4) is 11.6 Å². The third-order valence-electron chi connectivity index (χ3n) is 5.93. The van der Waals surface area contributed by atoms with E-state index in [0.717, 1.165) is 18.7 Å². The molecule has 1 unspecified atom stereocenters. The van der Waals surface area contributed by atoms with Crippen LogP contribution in [0.15, 0.2) is 30.7 Å². The lowest BCUT2D eigenvalue weighted by Crippen LogP contribution is -2.35. The third-order valence-corrected chi connectivity index (χ3v) is 7.90. The number of carbonyl (C=O) groups is 1. The van der Waals surface area contributed by atoms with Gasteiger partial charge in [-0.05, 0) is 32.8 Å². The first kappa shape index (κ1) is 24.5. The van der Waals surface area contributed by atoms with Crippen molar-refractivity contribution >= 4 is 22.4 Å². The van der Waals surface area contributed by atoms with Crippen molar-refractivity contribution in [3.63, 3.8) is 0 Å². The molecule has 184 valence electrons. The van der Waals surface area contributed by atoms with Gasteiger partial charge < -0.3 is 14.4 Å². The van der Waals surface area contributed by atoms with E-state index in [1.165, 1.54) is 20.0 Å². The molecule has 2 fully saturated rings. The summed E-state index contributed by atoms with van der Waals surface area (Å²) in [4.78, 5) is 27.6. The van der Waals surface area contributed by atoms with Gasteiger partial charge >= 0.3 is 0 Å². The normalized spacial score (nSPS) is 23.6. The topological polar surface area (TPSA) is 94.5 Å². The Kier molecular flexibility index (Phi) is 7.16. The molecule has 1 saturated carbocycles. The maximum atomic E-state index is 13.6. The summed E-state index contributed by atoms with van der Waals surface area (Å²) >= 11 is 0. The number of aromatic nitrogens is 3. The molecule has 10 heteroatoms. The Balaban J connectivity index is 1.30. The van der Waals surface area contributed by atoms with Crippen molar-refractivity contribution < 1.29 is 22.9 Å².